The highest BCUT2D eigenvalue weighted by atomic mass is 32.2. The van der Waals surface area contributed by atoms with Crippen molar-refractivity contribution in [2.75, 3.05) is 25.4 Å². The number of hydrogen-bond acceptors (Lipinski definition) is 4. The van der Waals surface area contributed by atoms with Crippen LogP contribution in [0.3, 0.4) is 0 Å². The second-order valence-electron chi connectivity index (χ2n) is 5.27. The maximum Gasteiger partial charge on any atom is 0.239 e. The number of carbonyl (C=O) groups is 1. The fraction of sp³-hybridized carbons (Fsp3) is 0.917. The summed E-state index contributed by atoms with van der Waals surface area (Å²) in [7, 11) is -3.14. The Balaban J connectivity index is 1.80. The van der Waals surface area contributed by atoms with Crippen molar-refractivity contribution >= 4 is 15.9 Å². The Labute approximate surface area is 115 Å². The summed E-state index contributed by atoms with van der Waals surface area (Å²) in [6, 6.07) is -0.0468. The maximum atomic E-state index is 12.2. The minimum absolute atomic E-state index is 0.0227. The molecule has 19 heavy (non-hydrogen) atoms. The van der Waals surface area contributed by atoms with Crippen LogP contribution >= 0.6 is 0 Å². The molecule has 2 heterocycles. The van der Waals surface area contributed by atoms with E-state index in [-0.39, 0.29) is 23.7 Å². The summed E-state index contributed by atoms with van der Waals surface area (Å²) in [5, 5.41) is 3.21. The standard InChI is InChI=1S/C12H23N3O3S/c1-2-19(17,18)14-10-5-8-15(9-6-10)12(16)11-4-3-7-13-11/h10-11,13-14H,2-9H2,1H3/t11-/m1/s1. The molecule has 0 radical (unpaired) electrons. The minimum atomic E-state index is -3.14. The van der Waals surface area contributed by atoms with Crippen molar-refractivity contribution in [3.8, 4) is 0 Å². The predicted molar refractivity (Wildman–Crippen MR) is 73.2 cm³/mol. The number of piperidine rings is 1. The van der Waals surface area contributed by atoms with E-state index in [4.69, 9.17) is 0 Å². The van der Waals surface area contributed by atoms with Crippen molar-refractivity contribution < 1.29 is 13.2 Å². The Kier molecular flexibility index (Phi) is 4.81. The van der Waals surface area contributed by atoms with Gasteiger partial charge in [0.15, 0.2) is 0 Å². The van der Waals surface area contributed by atoms with Gasteiger partial charge in [0.1, 0.15) is 0 Å². The average molecular weight is 289 g/mol. The van der Waals surface area contributed by atoms with Gasteiger partial charge in [0.25, 0.3) is 0 Å². The number of carbonyl (C=O) groups excluding carboxylic acids is 1. The number of hydrogen-bond donors (Lipinski definition) is 2. The van der Waals surface area contributed by atoms with Gasteiger partial charge in [0, 0.05) is 19.1 Å². The van der Waals surface area contributed by atoms with Crippen molar-refractivity contribution in [2.24, 2.45) is 0 Å². The Bertz CT molecular complexity index is 410. The molecule has 2 aliphatic heterocycles. The molecule has 1 atom stereocenters. The molecule has 110 valence electrons. The molecule has 0 bridgehead atoms. The molecule has 1 amide bonds. The molecule has 0 saturated carbocycles. The highest BCUT2D eigenvalue weighted by Gasteiger charge is 2.30. The van der Waals surface area contributed by atoms with E-state index in [0.717, 1.165) is 19.4 Å². The lowest BCUT2D eigenvalue weighted by Gasteiger charge is -2.33. The van der Waals surface area contributed by atoms with Crippen LogP contribution in [-0.4, -0.2) is 56.7 Å². The quantitative estimate of drug-likeness (QED) is 0.743. The lowest BCUT2D eigenvalue weighted by molar-refractivity contribution is -0.134. The SMILES string of the molecule is CCS(=O)(=O)NC1CCN(C(=O)[C@H]2CCCN2)CC1. The number of nitrogens with zero attached hydrogens (tertiary/aromatic N) is 1. The zero-order valence-electron chi connectivity index (χ0n) is 11.4. The molecule has 0 spiro atoms. The Hall–Kier alpha value is -0.660. The van der Waals surface area contributed by atoms with Crippen LogP contribution in [-0.2, 0) is 14.8 Å². The van der Waals surface area contributed by atoms with E-state index in [0.29, 0.717) is 25.9 Å². The van der Waals surface area contributed by atoms with Crippen LogP contribution in [0.15, 0.2) is 0 Å². The monoisotopic (exact) mass is 289 g/mol. The van der Waals surface area contributed by atoms with Gasteiger partial charge in [-0.1, -0.05) is 0 Å². The molecule has 2 fully saturated rings. The van der Waals surface area contributed by atoms with Gasteiger partial charge in [-0.3, -0.25) is 4.79 Å². The zero-order chi connectivity index (χ0) is 13.9. The molecular formula is C12H23N3O3S. The Morgan fingerprint density at radius 1 is 1.32 bits per heavy atom. The summed E-state index contributed by atoms with van der Waals surface area (Å²) in [6.45, 7) is 3.84. The van der Waals surface area contributed by atoms with Crippen molar-refractivity contribution in [3.05, 3.63) is 0 Å². The maximum absolute atomic E-state index is 12.2. The third kappa shape index (κ3) is 3.90. The highest BCUT2D eigenvalue weighted by molar-refractivity contribution is 7.89. The topological polar surface area (TPSA) is 78.5 Å². The third-order valence-corrected chi connectivity index (χ3v) is 5.34. The normalized spacial score (nSPS) is 25.7. The Morgan fingerprint density at radius 3 is 2.53 bits per heavy atom. The van der Waals surface area contributed by atoms with E-state index >= 15 is 0 Å². The number of likely N-dealkylation sites (tertiary alicyclic amines) is 1. The first kappa shape index (κ1) is 14.7. The number of nitrogens with one attached hydrogen (secondary N) is 2. The third-order valence-electron chi connectivity index (χ3n) is 3.89. The number of sulfonamides is 1. The summed E-state index contributed by atoms with van der Waals surface area (Å²) < 4.78 is 25.7. The molecule has 2 rings (SSSR count). The smallest absolute Gasteiger partial charge is 0.239 e. The van der Waals surface area contributed by atoms with Crippen LogP contribution in [0.1, 0.15) is 32.6 Å². The molecule has 0 aromatic carbocycles. The Morgan fingerprint density at radius 2 is 2.00 bits per heavy atom. The van der Waals surface area contributed by atoms with Gasteiger partial charge in [0.2, 0.25) is 15.9 Å². The van der Waals surface area contributed by atoms with E-state index < -0.39 is 10.0 Å². The molecule has 0 unspecified atom stereocenters. The highest BCUT2D eigenvalue weighted by Crippen LogP contribution is 2.15. The average Bonchev–Trinajstić information content (AvgIpc) is 2.92. The van der Waals surface area contributed by atoms with E-state index in [1.54, 1.807) is 6.92 Å². The first-order valence-electron chi connectivity index (χ1n) is 7.04. The largest absolute Gasteiger partial charge is 0.341 e. The number of rotatable bonds is 4. The van der Waals surface area contributed by atoms with E-state index in [2.05, 4.69) is 10.0 Å². The minimum Gasteiger partial charge on any atom is -0.341 e. The van der Waals surface area contributed by atoms with Crippen LogP contribution in [0.5, 0.6) is 0 Å². The molecule has 7 heteroatoms. The number of amides is 1. The fourth-order valence-electron chi connectivity index (χ4n) is 2.67. The summed E-state index contributed by atoms with van der Waals surface area (Å²) in [6.07, 6.45) is 3.39. The predicted octanol–water partition coefficient (Wildman–Crippen LogP) is -0.331. The van der Waals surface area contributed by atoms with Gasteiger partial charge in [-0.2, -0.15) is 0 Å². The van der Waals surface area contributed by atoms with Crippen LogP contribution in [0.25, 0.3) is 0 Å². The molecule has 2 saturated heterocycles. The lowest BCUT2D eigenvalue weighted by Crippen LogP contribution is -2.50. The molecule has 0 aliphatic carbocycles. The van der Waals surface area contributed by atoms with Gasteiger partial charge >= 0.3 is 0 Å². The van der Waals surface area contributed by atoms with E-state index in [1.807, 2.05) is 4.90 Å². The van der Waals surface area contributed by atoms with E-state index in [9.17, 15) is 13.2 Å². The van der Waals surface area contributed by atoms with Crippen molar-refractivity contribution in [1.29, 1.82) is 0 Å². The van der Waals surface area contributed by atoms with Crippen molar-refractivity contribution in [2.45, 2.75) is 44.7 Å². The van der Waals surface area contributed by atoms with Gasteiger partial charge in [-0.25, -0.2) is 13.1 Å². The van der Waals surface area contributed by atoms with Crippen LogP contribution in [0.4, 0.5) is 0 Å². The fourth-order valence-corrected chi connectivity index (χ4v) is 3.58. The molecule has 6 nitrogen and oxygen atoms in total. The second-order valence-corrected chi connectivity index (χ2v) is 7.31. The zero-order valence-corrected chi connectivity index (χ0v) is 12.2. The van der Waals surface area contributed by atoms with Crippen molar-refractivity contribution in [1.82, 2.24) is 14.9 Å². The van der Waals surface area contributed by atoms with Crippen LogP contribution in [0, 0.1) is 0 Å². The second kappa shape index (κ2) is 6.19. The molecular weight excluding hydrogens is 266 g/mol. The first-order chi connectivity index (χ1) is 9.02. The summed E-state index contributed by atoms with van der Waals surface area (Å²) in [5.41, 5.74) is 0. The molecule has 0 aromatic heterocycles. The molecule has 2 aliphatic rings. The van der Waals surface area contributed by atoms with Gasteiger partial charge in [-0.05, 0) is 39.2 Å². The van der Waals surface area contributed by atoms with Gasteiger partial charge < -0.3 is 10.2 Å². The molecule has 0 aromatic rings. The summed E-state index contributed by atoms with van der Waals surface area (Å²) >= 11 is 0. The van der Waals surface area contributed by atoms with E-state index in [1.165, 1.54) is 0 Å². The summed E-state index contributed by atoms with van der Waals surface area (Å²) in [5.74, 6) is 0.285. The van der Waals surface area contributed by atoms with Gasteiger partial charge in [0.05, 0.1) is 11.8 Å². The molecule has 2 N–H and O–H groups in total. The van der Waals surface area contributed by atoms with Crippen LogP contribution < -0.4 is 10.0 Å². The van der Waals surface area contributed by atoms with Crippen LogP contribution in [0.2, 0.25) is 0 Å². The van der Waals surface area contributed by atoms with Crippen molar-refractivity contribution in [3.63, 3.8) is 0 Å². The lowest BCUT2D eigenvalue weighted by atomic mass is 10.0. The van der Waals surface area contributed by atoms with Gasteiger partial charge in [-0.15, -0.1) is 0 Å². The summed E-state index contributed by atoms with van der Waals surface area (Å²) in [4.78, 5) is 14.0. The first-order valence-corrected chi connectivity index (χ1v) is 8.69.